The largest absolute Gasteiger partial charge is 0.342 e. The van der Waals surface area contributed by atoms with Gasteiger partial charge in [0, 0.05) is 31.3 Å². The van der Waals surface area contributed by atoms with Crippen molar-refractivity contribution < 1.29 is 18.5 Å². The van der Waals surface area contributed by atoms with Crippen LogP contribution in [0.1, 0.15) is 37.1 Å². The second kappa shape index (κ2) is 9.07. The van der Waals surface area contributed by atoms with Crippen LogP contribution in [0.4, 0.5) is 10.1 Å². The number of benzene rings is 2. The van der Waals surface area contributed by atoms with Gasteiger partial charge >= 0.3 is 0 Å². The highest BCUT2D eigenvalue weighted by molar-refractivity contribution is 5.88. The molecule has 1 N–H and O–H groups in total. The van der Waals surface area contributed by atoms with Crippen molar-refractivity contribution in [1.29, 1.82) is 0 Å². The summed E-state index contributed by atoms with van der Waals surface area (Å²) in [6.07, 6.45) is 1.86. The van der Waals surface area contributed by atoms with Crippen molar-refractivity contribution in [3.8, 4) is 11.4 Å². The van der Waals surface area contributed by atoms with E-state index in [9.17, 15) is 14.0 Å². The minimum atomic E-state index is -0.342. The third-order valence-corrected chi connectivity index (χ3v) is 5.27. The lowest BCUT2D eigenvalue weighted by atomic mass is 9.97. The first-order chi connectivity index (χ1) is 15.0. The molecule has 1 aliphatic rings. The number of likely N-dealkylation sites (tertiary alicyclic amines) is 1. The van der Waals surface area contributed by atoms with E-state index in [-0.39, 0.29) is 30.0 Å². The van der Waals surface area contributed by atoms with Crippen LogP contribution in [-0.2, 0) is 16.0 Å². The van der Waals surface area contributed by atoms with E-state index in [1.807, 2.05) is 12.1 Å². The van der Waals surface area contributed by atoms with Crippen molar-refractivity contribution >= 4 is 17.5 Å². The Morgan fingerprint density at radius 2 is 2.03 bits per heavy atom. The second-order valence-corrected chi connectivity index (χ2v) is 7.70. The van der Waals surface area contributed by atoms with E-state index in [1.165, 1.54) is 19.1 Å². The molecule has 2 aromatic carbocycles. The summed E-state index contributed by atoms with van der Waals surface area (Å²) in [5.74, 6) is 0.416. The Hall–Kier alpha value is -3.55. The van der Waals surface area contributed by atoms with Gasteiger partial charge < -0.3 is 14.7 Å². The van der Waals surface area contributed by atoms with Crippen LogP contribution >= 0.6 is 0 Å². The first kappa shape index (κ1) is 20.7. The number of nitrogens with zero attached hydrogens (tertiary/aromatic N) is 3. The fourth-order valence-electron chi connectivity index (χ4n) is 3.76. The summed E-state index contributed by atoms with van der Waals surface area (Å²) in [6, 6.07) is 13.3. The Balaban J connectivity index is 1.41. The second-order valence-electron chi connectivity index (χ2n) is 7.70. The van der Waals surface area contributed by atoms with E-state index in [0.29, 0.717) is 36.1 Å². The van der Waals surface area contributed by atoms with Crippen molar-refractivity contribution in [3.63, 3.8) is 0 Å². The van der Waals surface area contributed by atoms with Gasteiger partial charge in [-0.1, -0.05) is 17.3 Å². The first-order valence-electron chi connectivity index (χ1n) is 10.2. The third-order valence-electron chi connectivity index (χ3n) is 5.27. The molecule has 2 heterocycles. The highest BCUT2D eigenvalue weighted by atomic mass is 19.1. The molecule has 4 rings (SSSR count). The maximum absolute atomic E-state index is 13.4. The lowest BCUT2D eigenvalue weighted by Crippen LogP contribution is -2.40. The molecule has 2 amide bonds. The lowest BCUT2D eigenvalue weighted by molar-refractivity contribution is -0.131. The van der Waals surface area contributed by atoms with Crippen molar-refractivity contribution in [2.45, 2.75) is 32.1 Å². The van der Waals surface area contributed by atoms with Gasteiger partial charge in [0.15, 0.2) is 0 Å². The molecule has 31 heavy (non-hydrogen) atoms. The van der Waals surface area contributed by atoms with Crippen LogP contribution in [0.3, 0.4) is 0 Å². The zero-order valence-electron chi connectivity index (χ0n) is 17.2. The Labute approximate surface area is 179 Å². The fraction of sp³-hybridized carbons (Fsp3) is 0.304. The Kier molecular flexibility index (Phi) is 6.06. The van der Waals surface area contributed by atoms with Crippen molar-refractivity contribution in [2.24, 2.45) is 0 Å². The number of hydrogen-bond donors (Lipinski definition) is 1. The van der Waals surface area contributed by atoms with E-state index < -0.39 is 0 Å². The fourth-order valence-corrected chi connectivity index (χ4v) is 3.76. The molecular formula is C23H23FN4O3. The average molecular weight is 422 g/mol. The number of carbonyl (C=O) groups excluding carboxylic acids is 2. The van der Waals surface area contributed by atoms with Crippen molar-refractivity contribution in [3.05, 3.63) is 65.8 Å². The van der Waals surface area contributed by atoms with Crippen LogP contribution in [-0.4, -0.2) is 39.9 Å². The number of amides is 2. The molecule has 7 nitrogen and oxygen atoms in total. The van der Waals surface area contributed by atoms with Gasteiger partial charge in [0.05, 0.1) is 12.3 Å². The quantitative estimate of drug-likeness (QED) is 0.676. The van der Waals surface area contributed by atoms with Crippen LogP contribution in [0.15, 0.2) is 53.1 Å². The van der Waals surface area contributed by atoms with Crippen LogP contribution in [0, 0.1) is 5.82 Å². The van der Waals surface area contributed by atoms with E-state index in [1.54, 1.807) is 29.2 Å². The minimum absolute atomic E-state index is 0.0369. The third kappa shape index (κ3) is 5.14. The van der Waals surface area contributed by atoms with Gasteiger partial charge in [-0.2, -0.15) is 4.98 Å². The molecule has 1 atom stereocenters. The normalized spacial score (nSPS) is 16.2. The van der Waals surface area contributed by atoms with Gasteiger partial charge in [0.1, 0.15) is 5.82 Å². The van der Waals surface area contributed by atoms with Gasteiger partial charge in [-0.3, -0.25) is 9.59 Å². The number of piperidine rings is 1. The number of halogens is 1. The number of rotatable bonds is 5. The molecule has 8 heteroatoms. The SMILES string of the molecule is CC(=O)Nc1ccc(-c2noc([C@@H]3CCCN(C(=O)Cc4cccc(F)c4)C3)n2)cc1. The van der Waals surface area contributed by atoms with Gasteiger partial charge in [-0.15, -0.1) is 0 Å². The molecule has 3 aromatic rings. The first-order valence-corrected chi connectivity index (χ1v) is 10.2. The van der Waals surface area contributed by atoms with Crippen molar-refractivity contribution in [1.82, 2.24) is 15.0 Å². The number of anilines is 1. The van der Waals surface area contributed by atoms with Crippen LogP contribution < -0.4 is 5.32 Å². The molecule has 1 aromatic heterocycles. The summed E-state index contributed by atoms with van der Waals surface area (Å²) in [5.41, 5.74) is 2.13. The Morgan fingerprint density at radius 1 is 1.23 bits per heavy atom. The van der Waals surface area contributed by atoms with E-state index in [0.717, 1.165) is 18.4 Å². The molecule has 0 unspecified atom stereocenters. The predicted molar refractivity (Wildman–Crippen MR) is 113 cm³/mol. The number of carbonyl (C=O) groups is 2. The van der Waals surface area contributed by atoms with Gasteiger partial charge in [0.2, 0.25) is 23.5 Å². The smallest absolute Gasteiger partial charge is 0.231 e. The number of hydrogen-bond acceptors (Lipinski definition) is 5. The van der Waals surface area contributed by atoms with E-state index in [2.05, 4.69) is 15.5 Å². The molecule has 1 aliphatic heterocycles. The maximum atomic E-state index is 13.4. The van der Waals surface area contributed by atoms with Gasteiger partial charge in [-0.25, -0.2) is 4.39 Å². The van der Waals surface area contributed by atoms with E-state index >= 15 is 0 Å². The van der Waals surface area contributed by atoms with Crippen LogP contribution in [0.25, 0.3) is 11.4 Å². The highest BCUT2D eigenvalue weighted by Crippen LogP contribution is 2.28. The summed E-state index contributed by atoms with van der Waals surface area (Å²) in [6.45, 7) is 2.61. The zero-order chi connectivity index (χ0) is 21.8. The lowest BCUT2D eigenvalue weighted by Gasteiger charge is -2.31. The summed E-state index contributed by atoms with van der Waals surface area (Å²) >= 11 is 0. The van der Waals surface area contributed by atoms with Crippen LogP contribution in [0.2, 0.25) is 0 Å². The van der Waals surface area contributed by atoms with Crippen molar-refractivity contribution in [2.75, 3.05) is 18.4 Å². The van der Waals surface area contributed by atoms with Gasteiger partial charge in [0.25, 0.3) is 0 Å². The summed E-state index contributed by atoms with van der Waals surface area (Å²) < 4.78 is 18.9. The molecular weight excluding hydrogens is 399 g/mol. The molecule has 0 radical (unpaired) electrons. The number of aromatic nitrogens is 2. The molecule has 1 fully saturated rings. The van der Waals surface area contributed by atoms with Crippen LogP contribution in [0.5, 0.6) is 0 Å². The Morgan fingerprint density at radius 3 is 2.77 bits per heavy atom. The Bertz CT molecular complexity index is 1080. The molecule has 0 aliphatic carbocycles. The molecule has 0 bridgehead atoms. The summed E-state index contributed by atoms with van der Waals surface area (Å²) in [5, 5.41) is 6.80. The summed E-state index contributed by atoms with van der Waals surface area (Å²) in [7, 11) is 0. The molecule has 1 saturated heterocycles. The topological polar surface area (TPSA) is 88.3 Å². The minimum Gasteiger partial charge on any atom is -0.342 e. The average Bonchev–Trinajstić information content (AvgIpc) is 3.24. The maximum Gasteiger partial charge on any atom is 0.231 e. The standard InChI is InChI=1S/C23H23FN4O3/c1-15(29)25-20-9-7-17(8-10-20)22-26-23(31-27-22)18-5-3-11-28(14-18)21(30)13-16-4-2-6-19(24)12-16/h2,4,6-10,12,18H,3,5,11,13-14H2,1H3,(H,25,29)/t18-/m1/s1. The zero-order valence-corrected chi connectivity index (χ0v) is 17.2. The molecule has 0 saturated carbocycles. The highest BCUT2D eigenvalue weighted by Gasteiger charge is 2.28. The predicted octanol–water partition coefficient (Wildman–Crippen LogP) is 3.78. The summed E-state index contributed by atoms with van der Waals surface area (Å²) in [4.78, 5) is 30.2. The van der Waals surface area contributed by atoms with Gasteiger partial charge in [-0.05, 0) is 54.8 Å². The number of nitrogens with one attached hydrogen (secondary N) is 1. The monoisotopic (exact) mass is 422 g/mol. The molecule has 160 valence electrons. The van der Waals surface area contributed by atoms with E-state index in [4.69, 9.17) is 4.52 Å². The molecule has 0 spiro atoms.